The fourth-order valence-electron chi connectivity index (χ4n) is 3.69. The summed E-state index contributed by atoms with van der Waals surface area (Å²) in [5.41, 5.74) is 6.35. The summed E-state index contributed by atoms with van der Waals surface area (Å²) in [5.74, 6) is -1.93. The van der Waals surface area contributed by atoms with Crippen molar-refractivity contribution in [3.63, 3.8) is 0 Å². The number of carboxylic acid groups (broad SMARTS) is 1. The lowest BCUT2D eigenvalue weighted by Crippen LogP contribution is -2.38. The lowest BCUT2D eigenvalue weighted by molar-refractivity contribution is -0.139. The first kappa shape index (κ1) is 36.5. The number of hydrogen-bond acceptors (Lipinski definition) is 11. The fraction of sp³-hybridized carbons (Fsp3) is 0.667. The van der Waals surface area contributed by atoms with Crippen molar-refractivity contribution in [2.75, 3.05) is 19.8 Å². The van der Waals surface area contributed by atoms with Crippen LogP contribution in [-0.4, -0.2) is 61.5 Å². The molecule has 0 heterocycles. The zero-order valence-corrected chi connectivity index (χ0v) is 25.6. The Balaban J connectivity index is 3.18. The highest BCUT2D eigenvalue weighted by molar-refractivity contribution is 5.75. The van der Waals surface area contributed by atoms with Gasteiger partial charge in [-0.3, -0.25) is 4.79 Å². The van der Waals surface area contributed by atoms with E-state index in [9.17, 15) is 24.3 Å². The topological polar surface area (TPSA) is 170 Å². The van der Waals surface area contributed by atoms with E-state index in [1.54, 1.807) is 6.92 Å². The standard InChI is InChI=1S/C30H47NO11/c1-7-8-9-14-37-28(34)40-21(6)17-23(26(31)27(32)33)22-10-11-24(41-29(35)38-15-12-19(2)3)25(18-22)42-30(36)39-16-13-20(4)5/h10-11,18-21,23,26H,7-9,12-17,31H2,1-6H3,(H,32,33)/t21?,23?,26-/m0/s1. The van der Waals surface area contributed by atoms with Crippen molar-refractivity contribution in [1.29, 1.82) is 0 Å². The lowest BCUT2D eigenvalue weighted by atomic mass is 9.87. The molecule has 0 radical (unpaired) electrons. The number of ether oxygens (including phenoxy) is 6. The second kappa shape index (κ2) is 19.6. The zero-order chi connectivity index (χ0) is 31.7. The summed E-state index contributed by atoms with van der Waals surface area (Å²) >= 11 is 0. The molecule has 3 N–H and O–H groups in total. The maximum absolute atomic E-state index is 12.4. The molecule has 1 aromatic rings. The Morgan fingerprint density at radius 3 is 1.86 bits per heavy atom. The third-order valence-electron chi connectivity index (χ3n) is 6.18. The molecule has 2 unspecified atom stereocenters. The molecular formula is C30H47NO11. The third-order valence-corrected chi connectivity index (χ3v) is 6.18. The molecule has 0 saturated carbocycles. The molecule has 0 bridgehead atoms. The Morgan fingerprint density at radius 2 is 1.33 bits per heavy atom. The number of carbonyl (C=O) groups excluding carboxylic acids is 3. The largest absolute Gasteiger partial charge is 0.513 e. The molecule has 1 aromatic carbocycles. The van der Waals surface area contributed by atoms with Crippen molar-refractivity contribution < 1.29 is 52.7 Å². The van der Waals surface area contributed by atoms with Crippen molar-refractivity contribution in [2.24, 2.45) is 17.6 Å². The first-order valence-electron chi connectivity index (χ1n) is 14.5. The van der Waals surface area contributed by atoms with Crippen LogP contribution < -0.4 is 15.2 Å². The highest BCUT2D eigenvalue weighted by Gasteiger charge is 2.30. The minimum absolute atomic E-state index is 0.00719. The Labute approximate surface area is 248 Å². The third kappa shape index (κ3) is 14.9. The van der Waals surface area contributed by atoms with E-state index >= 15 is 0 Å². The second-order valence-corrected chi connectivity index (χ2v) is 10.9. The average molecular weight is 598 g/mol. The van der Waals surface area contributed by atoms with Crippen LogP contribution in [0.25, 0.3) is 0 Å². The van der Waals surface area contributed by atoms with Gasteiger partial charge in [0.05, 0.1) is 19.8 Å². The highest BCUT2D eigenvalue weighted by atomic mass is 16.7. The van der Waals surface area contributed by atoms with Gasteiger partial charge in [0.15, 0.2) is 11.5 Å². The number of rotatable bonds is 18. The quantitative estimate of drug-likeness (QED) is 0.0824. The molecule has 0 amide bonds. The molecule has 12 nitrogen and oxygen atoms in total. The minimum atomic E-state index is -1.41. The van der Waals surface area contributed by atoms with Crippen molar-refractivity contribution in [1.82, 2.24) is 0 Å². The molecule has 3 atom stereocenters. The molecule has 0 aromatic heterocycles. The van der Waals surface area contributed by atoms with Crippen molar-refractivity contribution in [2.45, 2.75) is 98.1 Å². The first-order chi connectivity index (χ1) is 19.8. The van der Waals surface area contributed by atoms with E-state index in [1.165, 1.54) is 18.2 Å². The van der Waals surface area contributed by atoms with Crippen LogP contribution in [0.1, 0.15) is 91.5 Å². The summed E-state index contributed by atoms with van der Waals surface area (Å²) in [6.07, 6.45) is 0.146. The van der Waals surface area contributed by atoms with Gasteiger partial charge in [-0.15, -0.1) is 0 Å². The summed E-state index contributed by atoms with van der Waals surface area (Å²) in [4.78, 5) is 48.6. The van der Waals surface area contributed by atoms with E-state index in [0.29, 0.717) is 30.7 Å². The van der Waals surface area contributed by atoms with Crippen molar-refractivity contribution in [3.8, 4) is 11.5 Å². The van der Waals surface area contributed by atoms with Crippen LogP contribution in [0.5, 0.6) is 11.5 Å². The van der Waals surface area contributed by atoms with Crippen molar-refractivity contribution >= 4 is 24.4 Å². The summed E-state index contributed by atoms with van der Waals surface area (Å²) < 4.78 is 31.2. The Morgan fingerprint density at radius 1 is 0.786 bits per heavy atom. The van der Waals surface area contributed by atoms with Crippen LogP contribution in [0.4, 0.5) is 14.4 Å². The fourth-order valence-corrected chi connectivity index (χ4v) is 3.69. The number of carbonyl (C=O) groups is 4. The number of nitrogens with two attached hydrogens (primary N) is 1. The first-order valence-corrected chi connectivity index (χ1v) is 14.5. The smallest absolute Gasteiger partial charge is 0.480 e. The Kier molecular flexibility index (Phi) is 17.0. The van der Waals surface area contributed by atoms with E-state index < -0.39 is 42.5 Å². The van der Waals surface area contributed by atoms with Gasteiger partial charge in [0, 0.05) is 5.92 Å². The predicted octanol–water partition coefficient (Wildman–Crippen LogP) is 6.43. The van der Waals surface area contributed by atoms with E-state index in [4.69, 9.17) is 34.2 Å². The monoisotopic (exact) mass is 597 g/mol. The molecule has 1 rings (SSSR count). The van der Waals surface area contributed by atoms with Gasteiger partial charge in [-0.25, -0.2) is 14.4 Å². The molecule has 42 heavy (non-hydrogen) atoms. The lowest BCUT2D eigenvalue weighted by Gasteiger charge is -2.25. The number of hydrogen-bond donors (Lipinski definition) is 2. The average Bonchev–Trinajstić information content (AvgIpc) is 2.90. The predicted molar refractivity (Wildman–Crippen MR) is 154 cm³/mol. The molecule has 0 saturated heterocycles. The van der Waals surface area contributed by atoms with Gasteiger partial charge in [0.2, 0.25) is 0 Å². The molecular weight excluding hydrogens is 550 g/mol. The number of carboxylic acids is 1. The molecule has 238 valence electrons. The Bertz CT molecular complexity index is 995. The summed E-state index contributed by atoms with van der Waals surface area (Å²) in [7, 11) is 0. The van der Waals surface area contributed by atoms with Crippen LogP contribution in [0.15, 0.2) is 18.2 Å². The van der Waals surface area contributed by atoms with Gasteiger partial charge >= 0.3 is 24.4 Å². The summed E-state index contributed by atoms with van der Waals surface area (Å²) in [6, 6.07) is 2.75. The number of benzene rings is 1. The molecule has 12 heteroatoms. The van der Waals surface area contributed by atoms with E-state index in [2.05, 4.69) is 0 Å². The van der Waals surface area contributed by atoms with Crippen LogP contribution >= 0.6 is 0 Å². The molecule has 0 aliphatic carbocycles. The minimum Gasteiger partial charge on any atom is -0.480 e. The van der Waals surface area contributed by atoms with Crippen molar-refractivity contribution in [3.05, 3.63) is 23.8 Å². The van der Waals surface area contributed by atoms with Gasteiger partial charge in [-0.2, -0.15) is 0 Å². The summed E-state index contributed by atoms with van der Waals surface area (Å²) in [5, 5.41) is 9.68. The van der Waals surface area contributed by atoms with Gasteiger partial charge in [-0.1, -0.05) is 53.5 Å². The molecule has 0 aliphatic heterocycles. The maximum Gasteiger partial charge on any atom is 0.513 e. The summed E-state index contributed by atoms with van der Waals surface area (Å²) in [6.45, 7) is 12.0. The van der Waals surface area contributed by atoms with Crippen LogP contribution in [-0.2, 0) is 23.7 Å². The Hall–Kier alpha value is -3.54. The van der Waals surface area contributed by atoms with E-state index in [0.717, 1.165) is 12.8 Å². The SMILES string of the molecule is CCCCCOC(=O)OC(C)CC(c1ccc(OC(=O)OCCC(C)C)c(OC(=O)OCCC(C)C)c1)[C@H](N)C(=O)O. The normalized spacial score (nSPS) is 13.2. The maximum atomic E-state index is 12.4. The molecule has 0 aliphatic rings. The highest BCUT2D eigenvalue weighted by Crippen LogP contribution is 2.35. The number of unbranched alkanes of at least 4 members (excludes halogenated alkanes) is 2. The van der Waals surface area contributed by atoms with Crippen LogP contribution in [0, 0.1) is 11.8 Å². The number of aliphatic carboxylic acids is 1. The van der Waals surface area contributed by atoms with Gasteiger partial charge in [-0.05, 0) is 62.1 Å². The van der Waals surface area contributed by atoms with Gasteiger partial charge in [0.1, 0.15) is 12.1 Å². The molecule has 0 fully saturated rings. The molecule has 0 spiro atoms. The van der Waals surface area contributed by atoms with E-state index in [-0.39, 0.29) is 43.7 Å². The zero-order valence-electron chi connectivity index (χ0n) is 25.6. The van der Waals surface area contributed by atoms with Crippen LogP contribution in [0.3, 0.4) is 0 Å². The second-order valence-electron chi connectivity index (χ2n) is 10.9. The van der Waals surface area contributed by atoms with Gasteiger partial charge in [0.25, 0.3) is 0 Å². The van der Waals surface area contributed by atoms with E-state index in [1.807, 2.05) is 34.6 Å². The van der Waals surface area contributed by atoms with Crippen LogP contribution in [0.2, 0.25) is 0 Å². The van der Waals surface area contributed by atoms with Gasteiger partial charge < -0.3 is 39.3 Å².